The molecule has 1 aliphatic rings. The molecule has 9 nitrogen and oxygen atoms in total. The number of piperidine rings is 1. The van der Waals surface area contributed by atoms with Crippen molar-refractivity contribution in [3.05, 3.63) is 65.2 Å². The Hall–Kier alpha value is -3.37. The van der Waals surface area contributed by atoms with Crippen molar-refractivity contribution in [1.29, 1.82) is 0 Å². The predicted octanol–water partition coefficient (Wildman–Crippen LogP) is 4.14. The summed E-state index contributed by atoms with van der Waals surface area (Å²) in [6.07, 6.45) is 7.26. The zero-order valence-corrected chi connectivity index (χ0v) is 19.3. The molecule has 0 aliphatic carbocycles. The standard InChI is InChI=1S/C23H23BrN6O3/c24-18-10-25-22-20(21(18)29-8-4-7-16(31)13-29)19(11-26-22)28-23(32)33-17-9-27-30(14-17)12-15-5-2-1-3-6-15/h1-3,5-6,9-11,14,16,31H,4,7-8,12-13H2,(H,25,26)(H,28,32)/t16-/m1/s1. The molecule has 4 heterocycles. The zero-order chi connectivity index (χ0) is 22.8. The van der Waals surface area contributed by atoms with Gasteiger partial charge < -0.3 is 19.7 Å². The van der Waals surface area contributed by atoms with Gasteiger partial charge in [0.1, 0.15) is 5.65 Å². The van der Waals surface area contributed by atoms with Crippen LogP contribution in [-0.4, -0.2) is 50.1 Å². The van der Waals surface area contributed by atoms with E-state index < -0.39 is 6.09 Å². The van der Waals surface area contributed by atoms with Gasteiger partial charge in [-0.1, -0.05) is 30.3 Å². The number of pyridine rings is 1. The number of H-pyrrole nitrogens is 1. The Morgan fingerprint density at radius 2 is 2.15 bits per heavy atom. The van der Waals surface area contributed by atoms with Crippen molar-refractivity contribution < 1.29 is 14.6 Å². The lowest BCUT2D eigenvalue weighted by Crippen LogP contribution is -2.38. The highest BCUT2D eigenvalue weighted by molar-refractivity contribution is 9.10. The fraction of sp³-hybridized carbons (Fsp3) is 0.261. The number of hydrogen-bond donors (Lipinski definition) is 3. The van der Waals surface area contributed by atoms with Crippen molar-refractivity contribution in [2.45, 2.75) is 25.5 Å². The Labute approximate surface area is 198 Å². The fourth-order valence-electron chi connectivity index (χ4n) is 4.12. The average molecular weight is 511 g/mol. The van der Waals surface area contributed by atoms with Crippen LogP contribution >= 0.6 is 15.9 Å². The van der Waals surface area contributed by atoms with Crippen molar-refractivity contribution in [1.82, 2.24) is 19.7 Å². The molecule has 33 heavy (non-hydrogen) atoms. The number of halogens is 1. The number of amides is 1. The summed E-state index contributed by atoms with van der Waals surface area (Å²) in [5.41, 5.74) is 3.17. The summed E-state index contributed by atoms with van der Waals surface area (Å²) in [4.78, 5) is 22.3. The SMILES string of the molecule is O=C(Nc1c[nH]c2ncc(Br)c(N3CCC[C@@H](O)C3)c12)Oc1cnn(Cc2ccccc2)c1. The molecule has 0 bridgehead atoms. The third-order valence-electron chi connectivity index (χ3n) is 5.59. The number of carbonyl (C=O) groups is 1. The van der Waals surface area contributed by atoms with Crippen LogP contribution < -0.4 is 15.0 Å². The molecule has 0 radical (unpaired) electrons. The Kier molecular flexibility index (Phi) is 6.01. The first-order valence-electron chi connectivity index (χ1n) is 10.7. The van der Waals surface area contributed by atoms with Gasteiger partial charge in [0.05, 0.1) is 46.3 Å². The van der Waals surface area contributed by atoms with E-state index in [1.807, 2.05) is 30.3 Å². The Morgan fingerprint density at radius 3 is 2.97 bits per heavy atom. The van der Waals surface area contributed by atoms with E-state index in [1.54, 1.807) is 23.3 Å². The molecule has 1 amide bonds. The molecule has 1 atom stereocenters. The highest BCUT2D eigenvalue weighted by Crippen LogP contribution is 2.39. The average Bonchev–Trinajstić information content (AvgIpc) is 3.41. The van der Waals surface area contributed by atoms with Crippen molar-refractivity contribution in [3.63, 3.8) is 0 Å². The molecule has 3 aromatic heterocycles. The number of aliphatic hydroxyl groups is 1. The second-order valence-corrected chi connectivity index (χ2v) is 8.85. The molecule has 3 N–H and O–H groups in total. The maximum Gasteiger partial charge on any atom is 0.417 e. The minimum atomic E-state index is -0.625. The van der Waals surface area contributed by atoms with Gasteiger partial charge >= 0.3 is 6.09 Å². The van der Waals surface area contributed by atoms with Crippen LogP contribution in [0.4, 0.5) is 16.2 Å². The third-order valence-corrected chi connectivity index (χ3v) is 6.17. The number of fused-ring (bicyclic) bond motifs is 1. The van der Waals surface area contributed by atoms with Gasteiger partial charge in [-0.05, 0) is 34.3 Å². The maximum absolute atomic E-state index is 12.6. The highest BCUT2D eigenvalue weighted by Gasteiger charge is 2.24. The number of β-amino-alcohol motifs (C(OH)–C–C–N with tert-alkyl or cyclic N) is 1. The summed E-state index contributed by atoms with van der Waals surface area (Å²) < 4.78 is 7.96. The van der Waals surface area contributed by atoms with Gasteiger partial charge in [0.25, 0.3) is 0 Å². The van der Waals surface area contributed by atoms with E-state index in [4.69, 9.17) is 4.74 Å². The van der Waals surface area contributed by atoms with Crippen LogP contribution in [0.25, 0.3) is 11.0 Å². The van der Waals surface area contributed by atoms with E-state index in [0.29, 0.717) is 30.2 Å². The van der Waals surface area contributed by atoms with Crippen LogP contribution in [0.1, 0.15) is 18.4 Å². The van der Waals surface area contributed by atoms with Gasteiger partial charge in [0, 0.05) is 25.5 Å². The fourth-order valence-corrected chi connectivity index (χ4v) is 4.67. The van der Waals surface area contributed by atoms with Crippen molar-refractivity contribution in [3.8, 4) is 5.75 Å². The summed E-state index contributed by atoms with van der Waals surface area (Å²) in [5.74, 6) is 0.349. The van der Waals surface area contributed by atoms with Crippen LogP contribution in [0.15, 0.2) is 59.6 Å². The molecule has 0 saturated carbocycles. The lowest BCUT2D eigenvalue weighted by molar-refractivity contribution is 0.154. The molecule has 1 fully saturated rings. The molecular weight excluding hydrogens is 488 g/mol. The molecule has 0 unspecified atom stereocenters. The molecule has 170 valence electrons. The second-order valence-electron chi connectivity index (χ2n) is 8.00. The molecule has 5 rings (SSSR count). The molecule has 4 aromatic rings. The van der Waals surface area contributed by atoms with Gasteiger partial charge in [0.2, 0.25) is 0 Å². The van der Waals surface area contributed by atoms with E-state index in [-0.39, 0.29) is 6.10 Å². The second kappa shape index (κ2) is 9.24. The van der Waals surface area contributed by atoms with E-state index in [1.165, 1.54) is 6.20 Å². The maximum atomic E-state index is 12.6. The summed E-state index contributed by atoms with van der Waals surface area (Å²) in [5, 5.41) is 18.0. The Balaban J connectivity index is 1.33. The Morgan fingerprint density at radius 1 is 1.30 bits per heavy atom. The molecule has 1 saturated heterocycles. The van der Waals surface area contributed by atoms with E-state index >= 15 is 0 Å². The quantitative estimate of drug-likeness (QED) is 0.372. The normalized spacial score (nSPS) is 16.2. The highest BCUT2D eigenvalue weighted by atomic mass is 79.9. The first-order valence-corrected chi connectivity index (χ1v) is 11.5. The summed E-state index contributed by atoms with van der Waals surface area (Å²) >= 11 is 3.59. The topological polar surface area (TPSA) is 108 Å². The number of aromatic amines is 1. The van der Waals surface area contributed by atoms with Gasteiger partial charge in [-0.3, -0.25) is 10.00 Å². The smallest absolute Gasteiger partial charge is 0.407 e. The number of carbonyl (C=O) groups excluding carboxylic acids is 1. The van der Waals surface area contributed by atoms with Crippen molar-refractivity contribution >= 4 is 44.4 Å². The lowest BCUT2D eigenvalue weighted by atomic mass is 10.1. The van der Waals surface area contributed by atoms with Crippen LogP contribution in [0, 0.1) is 0 Å². The van der Waals surface area contributed by atoms with Gasteiger partial charge in [-0.25, -0.2) is 9.78 Å². The number of nitrogens with zero attached hydrogens (tertiary/aromatic N) is 4. The van der Waals surface area contributed by atoms with Crippen LogP contribution in [0.2, 0.25) is 0 Å². The summed E-state index contributed by atoms with van der Waals surface area (Å²) in [6, 6.07) is 9.92. The van der Waals surface area contributed by atoms with Gasteiger partial charge in [-0.2, -0.15) is 5.10 Å². The van der Waals surface area contributed by atoms with Crippen molar-refractivity contribution in [2.24, 2.45) is 0 Å². The number of aromatic nitrogens is 4. The molecule has 10 heteroatoms. The third kappa shape index (κ3) is 4.71. The minimum Gasteiger partial charge on any atom is -0.407 e. The number of benzene rings is 1. The summed E-state index contributed by atoms with van der Waals surface area (Å²) in [6.45, 7) is 1.91. The zero-order valence-electron chi connectivity index (χ0n) is 17.7. The van der Waals surface area contributed by atoms with Gasteiger partial charge in [-0.15, -0.1) is 0 Å². The van der Waals surface area contributed by atoms with Crippen LogP contribution in [-0.2, 0) is 6.54 Å². The first-order chi connectivity index (χ1) is 16.1. The van der Waals surface area contributed by atoms with Crippen LogP contribution in [0.3, 0.4) is 0 Å². The Bertz CT molecular complexity index is 1270. The number of rotatable bonds is 5. The summed E-state index contributed by atoms with van der Waals surface area (Å²) in [7, 11) is 0. The van der Waals surface area contributed by atoms with Gasteiger partial charge in [0.15, 0.2) is 5.75 Å². The van der Waals surface area contributed by atoms with Crippen molar-refractivity contribution in [2.75, 3.05) is 23.3 Å². The number of ether oxygens (including phenoxy) is 1. The molecule has 0 spiro atoms. The monoisotopic (exact) mass is 510 g/mol. The number of aliphatic hydroxyl groups excluding tert-OH is 1. The largest absolute Gasteiger partial charge is 0.417 e. The lowest BCUT2D eigenvalue weighted by Gasteiger charge is -2.33. The molecule has 1 aromatic carbocycles. The first kappa shape index (κ1) is 21.5. The van der Waals surface area contributed by atoms with E-state index in [9.17, 15) is 9.90 Å². The molecular formula is C23H23BrN6O3. The number of nitrogens with one attached hydrogen (secondary N) is 2. The predicted molar refractivity (Wildman–Crippen MR) is 129 cm³/mol. The van der Waals surface area contributed by atoms with E-state index in [0.717, 1.165) is 40.5 Å². The minimum absolute atomic E-state index is 0.349. The number of hydrogen-bond acceptors (Lipinski definition) is 6. The van der Waals surface area contributed by atoms with Crippen LogP contribution in [0.5, 0.6) is 5.75 Å². The molecule has 1 aliphatic heterocycles. The number of anilines is 2. The van der Waals surface area contributed by atoms with E-state index in [2.05, 4.69) is 41.2 Å².